The summed E-state index contributed by atoms with van der Waals surface area (Å²) < 4.78 is 0. The molecule has 102 valence electrons. The van der Waals surface area contributed by atoms with Gasteiger partial charge in [-0.3, -0.25) is 0 Å². The molecule has 1 aliphatic heterocycles. The van der Waals surface area contributed by atoms with Crippen LogP contribution in [0.25, 0.3) is 0 Å². The summed E-state index contributed by atoms with van der Waals surface area (Å²) in [4.78, 5) is 2.49. The fourth-order valence-electron chi connectivity index (χ4n) is 2.43. The van der Waals surface area contributed by atoms with E-state index in [1.807, 2.05) is 6.92 Å². The summed E-state index contributed by atoms with van der Waals surface area (Å²) in [5, 5.41) is 10.0. The molecule has 0 radical (unpaired) electrons. The summed E-state index contributed by atoms with van der Waals surface area (Å²) in [6.07, 6.45) is 5.38. The molecule has 0 amide bonds. The molecular weight excluding hydrogens is 212 g/mol. The van der Waals surface area contributed by atoms with E-state index in [0.717, 1.165) is 45.4 Å². The van der Waals surface area contributed by atoms with Crippen molar-refractivity contribution in [3.63, 3.8) is 0 Å². The van der Waals surface area contributed by atoms with E-state index >= 15 is 0 Å². The number of nitrogens with two attached hydrogens (primary N) is 1. The van der Waals surface area contributed by atoms with E-state index in [-0.39, 0.29) is 5.41 Å². The molecule has 0 saturated carbocycles. The van der Waals surface area contributed by atoms with Crippen molar-refractivity contribution in [2.45, 2.75) is 58.5 Å². The highest BCUT2D eigenvalue weighted by Crippen LogP contribution is 2.23. The van der Waals surface area contributed by atoms with Gasteiger partial charge in [-0.15, -0.1) is 0 Å². The first-order chi connectivity index (χ1) is 7.85. The zero-order valence-corrected chi connectivity index (χ0v) is 11.8. The third kappa shape index (κ3) is 5.84. The topological polar surface area (TPSA) is 49.5 Å². The minimum absolute atomic E-state index is 0.275. The second kappa shape index (κ2) is 6.17. The van der Waals surface area contributed by atoms with Gasteiger partial charge in [0.05, 0.1) is 5.60 Å². The molecule has 17 heavy (non-hydrogen) atoms. The van der Waals surface area contributed by atoms with Crippen LogP contribution in [0.2, 0.25) is 0 Å². The van der Waals surface area contributed by atoms with Gasteiger partial charge in [-0.2, -0.15) is 0 Å². The zero-order chi connectivity index (χ0) is 12.9. The van der Waals surface area contributed by atoms with Gasteiger partial charge >= 0.3 is 0 Å². The largest absolute Gasteiger partial charge is 0.390 e. The highest BCUT2D eigenvalue weighted by molar-refractivity contribution is 4.79. The van der Waals surface area contributed by atoms with Gasteiger partial charge in [0.2, 0.25) is 0 Å². The van der Waals surface area contributed by atoms with E-state index in [0.29, 0.717) is 0 Å². The molecule has 1 rings (SSSR count). The fraction of sp³-hybridized carbons (Fsp3) is 1.00. The Morgan fingerprint density at radius 3 is 2.65 bits per heavy atom. The molecule has 0 spiro atoms. The van der Waals surface area contributed by atoms with Gasteiger partial charge in [0.15, 0.2) is 0 Å². The average Bonchev–Trinajstić information content (AvgIpc) is 2.40. The first kappa shape index (κ1) is 14.9. The maximum atomic E-state index is 10.0. The van der Waals surface area contributed by atoms with Crippen molar-refractivity contribution in [2.24, 2.45) is 11.1 Å². The second-order valence-corrected chi connectivity index (χ2v) is 6.66. The monoisotopic (exact) mass is 242 g/mol. The second-order valence-electron chi connectivity index (χ2n) is 6.66. The highest BCUT2D eigenvalue weighted by Gasteiger charge is 2.25. The minimum atomic E-state index is -0.439. The third-order valence-electron chi connectivity index (χ3n) is 4.04. The molecule has 0 bridgehead atoms. The van der Waals surface area contributed by atoms with Crippen LogP contribution in [0.3, 0.4) is 0 Å². The van der Waals surface area contributed by atoms with E-state index < -0.39 is 5.60 Å². The number of likely N-dealkylation sites (tertiary alicyclic amines) is 1. The molecule has 1 heterocycles. The predicted octanol–water partition coefficient (Wildman–Crippen LogP) is 1.99. The van der Waals surface area contributed by atoms with Crippen molar-refractivity contribution in [1.29, 1.82) is 0 Å². The van der Waals surface area contributed by atoms with Gasteiger partial charge in [-0.25, -0.2) is 0 Å². The lowest BCUT2D eigenvalue weighted by Crippen LogP contribution is -2.30. The van der Waals surface area contributed by atoms with Crippen molar-refractivity contribution in [1.82, 2.24) is 4.90 Å². The Kier molecular flexibility index (Phi) is 5.42. The molecule has 3 N–H and O–H groups in total. The van der Waals surface area contributed by atoms with Crippen molar-refractivity contribution in [3.8, 4) is 0 Å². The van der Waals surface area contributed by atoms with Crippen LogP contribution in [0.1, 0.15) is 52.9 Å². The number of aliphatic hydroxyl groups is 1. The quantitative estimate of drug-likeness (QED) is 0.775. The van der Waals surface area contributed by atoms with E-state index in [4.69, 9.17) is 5.73 Å². The van der Waals surface area contributed by atoms with Crippen LogP contribution >= 0.6 is 0 Å². The SMILES string of the molecule is CC(C)(CN)CCCN1CCCC(C)(O)CC1. The lowest BCUT2D eigenvalue weighted by molar-refractivity contribution is 0.0445. The van der Waals surface area contributed by atoms with Crippen LogP contribution in [0.5, 0.6) is 0 Å². The number of rotatable bonds is 5. The van der Waals surface area contributed by atoms with Gasteiger partial charge in [0.1, 0.15) is 0 Å². The maximum Gasteiger partial charge on any atom is 0.0632 e. The van der Waals surface area contributed by atoms with E-state index in [2.05, 4.69) is 18.7 Å². The molecular formula is C14H30N2O. The maximum absolute atomic E-state index is 10.0. The Morgan fingerprint density at radius 2 is 2.00 bits per heavy atom. The Balaban J connectivity index is 2.24. The molecule has 1 aliphatic rings. The number of hydrogen-bond acceptors (Lipinski definition) is 3. The van der Waals surface area contributed by atoms with Gasteiger partial charge < -0.3 is 15.7 Å². The average molecular weight is 242 g/mol. The van der Waals surface area contributed by atoms with Crippen LogP contribution in [-0.4, -0.2) is 41.8 Å². The molecule has 0 aromatic rings. The van der Waals surface area contributed by atoms with E-state index in [1.54, 1.807) is 0 Å². The molecule has 1 fully saturated rings. The van der Waals surface area contributed by atoms with Crippen LogP contribution in [-0.2, 0) is 0 Å². The van der Waals surface area contributed by atoms with Gasteiger partial charge in [-0.05, 0) is 64.1 Å². The lowest BCUT2D eigenvalue weighted by Gasteiger charge is -2.26. The van der Waals surface area contributed by atoms with Gasteiger partial charge in [0, 0.05) is 6.54 Å². The molecule has 1 unspecified atom stereocenters. The van der Waals surface area contributed by atoms with Gasteiger partial charge in [-0.1, -0.05) is 13.8 Å². The summed E-state index contributed by atoms with van der Waals surface area (Å²) in [7, 11) is 0. The summed E-state index contributed by atoms with van der Waals surface area (Å²) in [6, 6.07) is 0. The number of nitrogens with zero attached hydrogens (tertiary/aromatic N) is 1. The van der Waals surface area contributed by atoms with Crippen LogP contribution < -0.4 is 5.73 Å². The van der Waals surface area contributed by atoms with Crippen molar-refractivity contribution < 1.29 is 5.11 Å². The third-order valence-corrected chi connectivity index (χ3v) is 4.04. The van der Waals surface area contributed by atoms with E-state index in [1.165, 1.54) is 12.8 Å². The standard InChI is InChI=1S/C14H30N2O/c1-13(2,12-15)6-4-9-16-10-5-7-14(3,17)8-11-16/h17H,4-12,15H2,1-3H3. The van der Waals surface area contributed by atoms with Crippen LogP contribution in [0, 0.1) is 5.41 Å². The summed E-state index contributed by atoms with van der Waals surface area (Å²) in [5.41, 5.74) is 5.58. The summed E-state index contributed by atoms with van der Waals surface area (Å²) in [6.45, 7) is 10.5. The molecule has 3 nitrogen and oxygen atoms in total. The normalized spacial score (nSPS) is 28.1. The first-order valence-corrected chi connectivity index (χ1v) is 6.99. The molecule has 0 aromatic carbocycles. The Bertz CT molecular complexity index is 226. The predicted molar refractivity (Wildman–Crippen MR) is 73.0 cm³/mol. The van der Waals surface area contributed by atoms with Crippen molar-refractivity contribution in [3.05, 3.63) is 0 Å². The van der Waals surface area contributed by atoms with Gasteiger partial charge in [0.25, 0.3) is 0 Å². The lowest BCUT2D eigenvalue weighted by atomic mass is 9.88. The Morgan fingerprint density at radius 1 is 1.29 bits per heavy atom. The molecule has 3 heteroatoms. The fourth-order valence-corrected chi connectivity index (χ4v) is 2.43. The Labute approximate surface area is 106 Å². The van der Waals surface area contributed by atoms with Crippen molar-refractivity contribution >= 4 is 0 Å². The van der Waals surface area contributed by atoms with E-state index in [9.17, 15) is 5.11 Å². The minimum Gasteiger partial charge on any atom is -0.390 e. The zero-order valence-electron chi connectivity index (χ0n) is 11.8. The van der Waals surface area contributed by atoms with Crippen LogP contribution in [0.15, 0.2) is 0 Å². The highest BCUT2D eigenvalue weighted by atomic mass is 16.3. The summed E-state index contributed by atoms with van der Waals surface area (Å²) >= 11 is 0. The van der Waals surface area contributed by atoms with Crippen LogP contribution in [0.4, 0.5) is 0 Å². The molecule has 1 saturated heterocycles. The summed E-state index contributed by atoms with van der Waals surface area (Å²) in [5.74, 6) is 0. The smallest absolute Gasteiger partial charge is 0.0632 e. The molecule has 0 aromatic heterocycles. The van der Waals surface area contributed by atoms with Crippen molar-refractivity contribution in [2.75, 3.05) is 26.2 Å². The first-order valence-electron chi connectivity index (χ1n) is 6.99. The number of hydrogen-bond donors (Lipinski definition) is 2. The Hall–Kier alpha value is -0.120. The molecule has 1 atom stereocenters. The molecule has 0 aliphatic carbocycles.